The Morgan fingerprint density at radius 2 is 1.88 bits per heavy atom. The van der Waals surface area contributed by atoms with Gasteiger partial charge >= 0.3 is 0 Å². The van der Waals surface area contributed by atoms with Gasteiger partial charge in [-0.2, -0.15) is 0 Å². The van der Waals surface area contributed by atoms with E-state index in [-0.39, 0.29) is 9.80 Å². The minimum Gasteiger partial charge on any atom is -0.391 e. The summed E-state index contributed by atoms with van der Waals surface area (Å²) in [6.45, 7) is 0. The molecule has 0 aromatic heterocycles. The van der Waals surface area contributed by atoms with Gasteiger partial charge in [-0.1, -0.05) is 40.2 Å². The van der Waals surface area contributed by atoms with Crippen molar-refractivity contribution in [2.45, 2.75) is 22.2 Å². The molecule has 86 valence electrons. The smallest absolute Gasteiger partial charge is 0.203 e. The van der Waals surface area contributed by atoms with E-state index in [1.807, 2.05) is 0 Å². The fraction of sp³-hybridized carbons (Fsp3) is 0.273. The van der Waals surface area contributed by atoms with Gasteiger partial charge in [0.2, 0.25) is 9.84 Å². The number of rotatable bonds is 2. The zero-order chi connectivity index (χ0) is 11.8. The summed E-state index contributed by atoms with van der Waals surface area (Å²) in [5.74, 6) is 0. The van der Waals surface area contributed by atoms with Crippen LogP contribution in [0.25, 0.3) is 0 Å². The lowest BCUT2D eigenvalue weighted by molar-refractivity contribution is 0.195. The lowest BCUT2D eigenvalue weighted by Crippen LogP contribution is -2.20. The first-order valence-electron chi connectivity index (χ1n) is 4.86. The molecule has 1 N–H and O–H groups in total. The molecule has 1 aliphatic rings. The molecule has 2 rings (SSSR count). The van der Waals surface area contributed by atoms with Crippen molar-refractivity contribution in [1.29, 1.82) is 0 Å². The molecule has 0 fully saturated rings. The second-order valence-electron chi connectivity index (χ2n) is 3.63. The van der Waals surface area contributed by atoms with E-state index in [4.69, 9.17) is 0 Å². The average Bonchev–Trinajstić information content (AvgIpc) is 2.61. The van der Waals surface area contributed by atoms with Gasteiger partial charge in [0, 0.05) is 0 Å². The van der Waals surface area contributed by atoms with E-state index in [2.05, 4.69) is 15.9 Å². The average molecular weight is 303 g/mol. The highest BCUT2D eigenvalue weighted by molar-refractivity contribution is 9.09. The van der Waals surface area contributed by atoms with E-state index < -0.39 is 20.8 Å². The minimum absolute atomic E-state index is 0.256. The van der Waals surface area contributed by atoms with E-state index in [1.165, 1.54) is 0 Å². The van der Waals surface area contributed by atoms with Gasteiger partial charge in [0.15, 0.2) is 0 Å². The van der Waals surface area contributed by atoms with E-state index in [9.17, 15) is 13.5 Å². The Morgan fingerprint density at radius 3 is 2.38 bits per heavy atom. The van der Waals surface area contributed by atoms with Crippen molar-refractivity contribution >= 4 is 25.8 Å². The van der Waals surface area contributed by atoms with Crippen LogP contribution in [0.2, 0.25) is 0 Å². The van der Waals surface area contributed by atoms with Crippen LogP contribution in [0.15, 0.2) is 46.2 Å². The molecular formula is C11H11BrO3S. The Kier molecular flexibility index (Phi) is 3.19. The second kappa shape index (κ2) is 4.31. The molecule has 0 aliphatic heterocycles. The molecule has 1 aromatic carbocycles. The van der Waals surface area contributed by atoms with Gasteiger partial charge in [-0.25, -0.2) is 8.42 Å². The highest BCUT2D eigenvalue weighted by atomic mass is 79.9. The van der Waals surface area contributed by atoms with Crippen LogP contribution in [0.5, 0.6) is 0 Å². The third-order valence-corrected chi connectivity index (χ3v) is 5.87. The summed E-state index contributed by atoms with van der Waals surface area (Å²) in [6, 6.07) is 8.24. The lowest BCUT2D eigenvalue weighted by atomic mass is 10.3. The van der Waals surface area contributed by atoms with Gasteiger partial charge in [0.1, 0.15) is 0 Å². The lowest BCUT2D eigenvalue weighted by Gasteiger charge is -2.12. The topological polar surface area (TPSA) is 54.4 Å². The molecule has 2 atom stereocenters. The molecule has 0 heterocycles. The van der Waals surface area contributed by atoms with E-state index in [1.54, 1.807) is 36.4 Å². The minimum atomic E-state index is -3.47. The van der Waals surface area contributed by atoms with Crippen LogP contribution >= 0.6 is 15.9 Å². The van der Waals surface area contributed by atoms with Gasteiger partial charge < -0.3 is 5.11 Å². The van der Waals surface area contributed by atoms with Crippen molar-refractivity contribution in [3.05, 3.63) is 41.3 Å². The number of benzene rings is 1. The Bertz CT molecular complexity index is 507. The van der Waals surface area contributed by atoms with Gasteiger partial charge in [0.25, 0.3) is 0 Å². The number of alkyl halides is 1. The van der Waals surface area contributed by atoms with Crippen LogP contribution in [0.4, 0.5) is 0 Å². The zero-order valence-corrected chi connectivity index (χ0v) is 10.8. The molecule has 0 unspecified atom stereocenters. The Morgan fingerprint density at radius 1 is 1.25 bits per heavy atom. The van der Waals surface area contributed by atoms with E-state index >= 15 is 0 Å². The predicted molar refractivity (Wildman–Crippen MR) is 65.0 cm³/mol. The highest BCUT2D eigenvalue weighted by Gasteiger charge is 2.34. The Hall–Kier alpha value is -0.650. The molecule has 5 heteroatoms. The van der Waals surface area contributed by atoms with E-state index in [0.717, 1.165) is 0 Å². The fourth-order valence-electron chi connectivity index (χ4n) is 1.65. The maximum absolute atomic E-state index is 12.2. The zero-order valence-electron chi connectivity index (χ0n) is 8.38. The number of halogens is 1. The standard InChI is InChI=1S/C11H11BrO3S/c12-11-9(13)6-7-10(11)16(14,15)8-4-2-1-3-5-8/h1-5,7,9,11,13H,6H2/t9-,11+/m1/s1. The number of aliphatic hydroxyl groups excluding tert-OH is 1. The molecule has 1 aliphatic carbocycles. The fourth-order valence-corrected chi connectivity index (χ4v) is 4.35. The molecule has 0 bridgehead atoms. The molecule has 3 nitrogen and oxygen atoms in total. The van der Waals surface area contributed by atoms with Crippen LogP contribution in [-0.4, -0.2) is 24.5 Å². The largest absolute Gasteiger partial charge is 0.391 e. The maximum atomic E-state index is 12.2. The normalized spacial score (nSPS) is 25.5. The summed E-state index contributed by atoms with van der Waals surface area (Å²) in [6.07, 6.45) is 1.29. The van der Waals surface area contributed by atoms with Crippen LogP contribution in [0.3, 0.4) is 0 Å². The third-order valence-electron chi connectivity index (χ3n) is 2.53. The number of hydrogen-bond acceptors (Lipinski definition) is 3. The van der Waals surface area contributed by atoms with Crippen molar-refractivity contribution in [3.8, 4) is 0 Å². The summed E-state index contributed by atoms with van der Waals surface area (Å²) in [5.41, 5.74) is 0. The molecule has 0 radical (unpaired) electrons. The van der Waals surface area contributed by atoms with Gasteiger partial charge in [-0.3, -0.25) is 0 Å². The Balaban J connectivity index is 2.42. The molecular weight excluding hydrogens is 292 g/mol. The number of sulfone groups is 1. The van der Waals surface area contributed by atoms with Crippen molar-refractivity contribution in [3.63, 3.8) is 0 Å². The van der Waals surface area contributed by atoms with Gasteiger partial charge in [-0.05, 0) is 18.6 Å². The summed E-state index contributed by atoms with van der Waals surface area (Å²) < 4.78 is 24.4. The molecule has 0 saturated carbocycles. The van der Waals surface area contributed by atoms with Gasteiger partial charge in [0.05, 0.1) is 20.7 Å². The molecule has 16 heavy (non-hydrogen) atoms. The monoisotopic (exact) mass is 302 g/mol. The summed E-state index contributed by atoms with van der Waals surface area (Å²) in [4.78, 5) is 0.0173. The summed E-state index contributed by atoms with van der Waals surface area (Å²) in [5, 5.41) is 9.51. The maximum Gasteiger partial charge on any atom is 0.203 e. The van der Waals surface area contributed by atoms with Crippen molar-refractivity contribution in [1.82, 2.24) is 0 Å². The van der Waals surface area contributed by atoms with Crippen molar-refractivity contribution < 1.29 is 13.5 Å². The molecule has 0 spiro atoms. The SMILES string of the molecule is O=S(=O)(C1=CC[C@@H](O)[C@@H]1Br)c1ccccc1. The van der Waals surface area contributed by atoms with Crippen molar-refractivity contribution in [2.24, 2.45) is 0 Å². The highest BCUT2D eigenvalue weighted by Crippen LogP contribution is 2.33. The van der Waals surface area contributed by atoms with Crippen LogP contribution in [0, 0.1) is 0 Å². The molecule has 1 aromatic rings. The molecule has 0 saturated heterocycles. The first-order valence-corrected chi connectivity index (χ1v) is 7.25. The first-order chi connectivity index (χ1) is 7.53. The van der Waals surface area contributed by atoms with Crippen molar-refractivity contribution in [2.75, 3.05) is 0 Å². The number of aliphatic hydroxyl groups is 1. The first kappa shape index (κ1) is 11.8. The number of hydrogen-bond donors (Lipinski definition) is 1. The summed E-state index contributed by atoms with van der Waals surface area (Å²) in [7, 11) is -3.47. The Labute approximate surface area is 103 Å². The van der Waals surface area contributed by atoms with Crippen LogP contribution < -0.4 is 0 Å². The van der Waals surface area contributed by atoms with Gasteiger partial charge in [-0.15, -0.1) is 0 Å². The van der Waals surface area contributed by atoms with Crippen LogP contribution in [0.1, 0.15) is 6.42 Å². The third kappa shape index (κ3) is 1.95. The predicted octanol–water partition coefficient (Wildman–Crippen LogP) is 1.87. The summed E-state index contributed by atoms with van der Waals surface area (Å²) >= 11 is 3.21. The van der Waals surface area contributed by atoms with Crippen LogP contribution in [-0.2, 0) is 9.84 Å². The second-order valence-corrected chi connectivity index (χ2v) is 6.56. The van der Waals surface area contributed by atoms with E-state index in [0.29, 0.717) is 6.42 Å². The molecule has 0 amide bonds. The quantitative estimate of drug-likeness (QED) is 0.849.